The third-order valence-electron chi connectivity index (χ3n) is 5.78. The Balaban J connectivity index is 1.37. The summed E-state index contributed by atoms with van der Waals surface area (Å²) in [6, 6.07) is 23.8. The van der Waals surface area contributed by atoms with Gasteiger partial charge in [-0.05, 0) is 88.5 Å². The zero-order chi connectivity index (χ0) is 19.8. The molecule has 3 aromatic rings. The quantitative estimate of drug-likeness (QED) is 0.200. The van der Waals surface area contributed by atoms with Gasteiger partial charge >= 0.3 is 5.97 Å². The van der Waals surface area contributed by atoms with Gasteiger partial charge < -0.3 is 10.1 Å². The van der Waals surface area contributed by atoms with Crippen LogP contribution >= 0.6 is 22.6 Å². The normalized spacial score (nSPS) is 21.8. The van der Waals surface area contributed by atoms with E-state index in [9.17, 15) is 4.79 Å². The van der Waals surface area contributed by atoms with Crippen LogP contribution in [0, 0.1) is 9.49 Å². The van der Waals surface area contributed by atoms with Crippen LogP contribution in [0.4, 0.5) is 5.69 Å². The minimum absolute atomic E-state index is 0.237. The average Bonchev–Trinajstić information content (AvgIpc) is 3.25. The molecule has 0 saturated heterocycles. The predicted octanol–water partition coefficient (Wildman–Crippen LogP) is 6.34. The van der Waals surface area contributed by atoms with Crippen molar-refractivity contribution in [1.29, 1.82) is 0 Å². The average molecular weight is 493 g/mol. The predicted molar refractivity (Wildman–Crippen MR) is 123 cm³/mol. The topological polar surface area (TPSA) is 38.3 Å². The van der Waals surface area contributed by atoms with Crippen LogP contribution in [0.1, 0.15) is 39.9 Å². The van der Waals surface area contributed by atoms with Gasteiger partial charge in [-0.1, -0.05) is 42.5 Å². The molecule has 1 aliphatic heterocycles. The minimum Gasteiger partial charge on any atom is -0.423 e. The molecule has 1 aliphatic carbocycles. The van der Waals surface area contributed by atoms with Crippen molar-refractivity contribution >= 4 is 34.2 Å². The molecular formula is C25H20INO2. The molecule has 3 nitrogen and oxygen atoms in total. The maximum atomic E-state index is 12.3. The summed E-state index contributed by atoms with van der Waals surface area (Å²) in [5.41, 5.74) is 4.37. The van der Waals surface area contributed by atoms with Crippen molar-refractivity contribution in [2.75, 3.05) is 5.32 Å². The molecule has 0 aromatic heterocycles. The molecule has 4 heteroatoms. The van der Waals surface area contributed by atoms with E-state index in [1.165, 1.54) is 20.4 Å². The van der Waals surface area contributed by atoms with Crippen molar-refractivity contribution in [1.82, 2.24) is 0 Å². The highest BCUT2D eigenvalue weighted by Gasteiger charge is 2.37. The molecule has 3 atom stereocenters. The van der Waals surface area contributed by atoms with E-state index in [1.807, 2.05) is 30.3 Å². The summed E-state index contributed by atoms with van der Waals surface area (Å²) < 4.78 is 6.80. The molecule has 0 bridgehead atoms. The number of ether oxygens (including phenoxy) is 1. The van der Waals surface area contributed by atoms with E-state index < -0.39 is 0 Å². The number of anilines is 1. The number of allylic oxidation sites excluding steroid dienone is 2. The number of carbonyl (C=O) groups is 1. The molecule has 1 N–H and O–H groups in total. The van der Waals surface area contributed by atoms with E-state index in [0.717, 1.165) is 6.42 Å². The second-order valence-electron chi connectivity index (χ2n) is 7.53. The molecule has 2 aliphatic rings. The number of fused-ring (bicyclic) bond motifs is 3. The van der Waals surface area contributed by atoms with Crippen molar-refractivity contribution in [2.24, 2.45) is 5.92 Å². The van der Waals surface area contributed by atoms with Gasteiger partial charge in [0.15, 0.2) is 0 Å². The second kappa shape index (κ2) is 7.67. The molecule has 1 heterocycles. The second-order valence-corrected chi connectivity index (χ2v) is 8.78. The number of hydrogen-bond acceptors (Lipinski definition) is 3. The molecule has 0 spiro atoms. The Morgan fingerprint density at radius 2 is 1.79 bits per heavy atom. The molecule has 144 valence electrons. The maximum Gasteiger partial charge on any atom is 0.343 e. The van der Waals surface area contributed by atoms with Crippen molar-refractivity contribution < 1.29 is 9.53 Å². The first-order valence-electron chi connectivity index (χ1n) is 9.79. The lowest BCUT2D eigenvalue weighted by atomic mass is 9.77. The lowest BCUT2D eigenvalue weighted by Gasteiger charge is -2.37. The summed E-state index contributed by atoms with van der Waals surface area (Å²) in [6.45, 7) is 0. The number of halogens is 1. The van der Waals surface area contributed by atoms with Crippen molar-refractivity contribution in [3.05, 3.63) is 105 Å². The Morgan fingerprint density at radius 3 is 2.59 bits per heavy atom. The van der Waals surface area contributed by atoms with Crippen LogP contribution in [0.5, 0.6) is 5.75 Å². The van der Waals surface area contributed by atoms with Crippen LogP contribution in [0.2, 0.25) is 0 Å². The highest BCUT2D eigenvalue weighted by molar-refractivity contribution is 14.1. The van der Waals surface area contributed by atoms with Crippen molar-refractivity contribution in [3.8, 4) is 5.75 Å². The van der Waals surface area contributed by atoms with Gasteiger partial charge in [0.05, 0.1) is 11.6 Å². The summed E-state index contributed by atoms with van der Waals surface area (Å²) in [5, 5.41) is 3.75. The molecule has 0 unspecified atom stereocenters. The van der Waals surface area contributed by atoms with E-state index in [0.29, 0.717) is 23.1 Å². The number of rotatable bonds is 3. The Bertz CT molecular complexity index is 1080. The van der Waals surface area contributed by atoms with Crippen molar-refractivity contribution in [3.63, 3.8) is 0 Å². The lowest BCUT2D eigenvalue weighted by molar-refractivity contribution is 0.0734. The van der Waals surface area contributed by atoms with E-state index in [1.54, 1.807) is 12.1 Å². The van der Waals surface area contributed by atoms with Gasteiger partial charge in [0.2, 0.25) is 0 Å². The van der Waals surface area contributed by atoms with Gasteiger partial charge in [-0.15, -0.1) is 0 Å². The first-order valence-corrected chi connectivity index (χ1v) is 10.9. The number of esters is 1. The standard InChI is InChI=1S/C25H20INO2/c26-18-11-14-23-22(15-18)20-7-4-8-21(20)24(27-23)16-9-12-19(13-10-16)29-25(28)17-5-2-1-3-6-17/h1-7,9-15,20-21,24,27H,8H2/t20-,21-,24+/m1/s1. The summed E-state index contributed by atoms with van der Waals surface area (Å²) in [5.74, 6) is 1.17. The van der Waals surface area contributed by atoms with Crippen molar-refractivity contribution in [2.45, 2.75) is 18.4 Å². The number of nitrogens with one attached hydrogen (secondary N) is 1. The maximum absolute atomic E-state index is 12.3. The number of carbonyl (C=O) groups excluding carboxylic acids is 1. The van der Waals surface area contributed by atoms with E-state index in [2.05, 4.69) is 70.4 Å². The van der Waals surface area contributed by atoms with Gasteiger partial charge in [0.25, 0.3) is 0 Å². The fraction of sp³-hybridized carbons (Fsp3) is 0.160. The van der Waals surface area contributed by atoms with Gasteiger partial charge in [-0.25, -0.2) is 4.79 Å². The van der Waals surface area contributed by atoms with Gasteiger partial charge in [0, 0.05) is 15.2 Å². The lowest BCUT2D eigenvalue weighted by Crippen LogP contribution is -2.29. The highest BCUT2D eigenvalue weighted by Crippen LogP contribution is 2.50. The molecule has 29 heavy (non-hydrogen) atoms. The number of hydrogen-bond donors (Lipinski definition) is 1. The van der Waals surface area contributed by atoms with E-state index in [4.69, 9.17) is 4.74 Å². The third-order valence-corrected chi connectivity index (χ3v) is 6.46. The summed E-state index contributed by atoms with van der Waals surface area (Å²) in [4.78, 5) is 12.3. The van der Waals surface area contributed by atoms with E-state index in [-0.39, 0.29) is 12.0 Å². The summed E-state index contributed by atoms with van der Waals surface area (Å²) in [6.07, 6.45) is 5.72. The molecule has 0 radical (unpaired) electrons. The van der Waals surface area contributed by atoms with Gasteiger partial charge in [0.1, 0.15) is 5.75 Å². The summed E-state index contributed by atoms with van der Waals surface area (Å²) >= 11 is 2.38. The Labute approximate surface area is 183 Å². The van der Waals surface area contributed by atoms with Crippen LogP contribution in [0.3, 0.4) is 0 Å². The highest BCUT2D eigenvalue weighted by atomic mass is 127. The molecular weight excluding hydrogens is 473 g/mol. The Hall–Kier alpha value is -2.60. The fourth-order valence-corrected chi connectivity index (χ4v) is 4.89. The molecule has 0 amide bonds. The van der Waals surface area contributed by atoms with Crippen LogP contribution in [0.15, 0.2) is 84.9 Å². The van der Waals surface area contributed by atoms with Crippen LogP contribution in [-0.4, -0.2) is 5.97 Å². The Kier molecular flexibility index (Phi) is 4.87. The monoisotopic (exact) mass is 493 g/mol. The smallest absolute Gasteiger partial charge is 0.343 e. The van der Waals surface area contributed by atoms with E-state index >= 15 is 0 Å². The molecule has 0 fully saturated rings. The zero-order valence-electron chi connectivity index (χ0n) is 15.7. The first-order chi connectivity index (χ1) is 14.2. The first kappa shape index (κ1) is 18.4. The summed E-state index contributed by atoms with van der Waals surface area (Å²) in [7, 11) is 0. The van der Waals surface area contributed by atoms with Gasteiger partial charge in [-0.3, -0.25) is 0 Å². The Morgan fingerprint density at radius 1 is 1.00 bits per heavy atom. The third kappa shape index (κ3) is 3.57. The minimum atomic E-state index is -0.335. The van der Waals surface area contributed by atoms with Crippen LogP contribution in [0.25, 0.3) is 0 Å². The largest absolute Gasteiger partial charge is 0.423 e. The van der Waals surface area contributed by atoms with Gasteiger partial charge in [-0.2, -0.15) is 0 Å². The molecule has 3 aromatic carbocycles. The fourth-order valence-electron chi connectivity index (χ4n) is 4.38. The number of benzene rings is 3. The van der Waals surface area contributed by atoms with Crippen LogP contribution < -0.4 is 10.1 Å². The SMILES string of the molecule is O=C(Oc1ccc([C@@H]2Nc3ccc(I)cc3[C@@H]3C=CC[C@H]32)cc1)c1ccccc1. The zero-order valence-corrected chi connectivity index (χ0v) is 17.9. The molecule has 0 saturated carbocycles. The van der Waals surface area contributed by atoms with Crippen LogP contribution in [-0.2, 0) is 0 Å². The molecule has 5 rings (SSSR count).